The van der Waals surface area contributed by atoms with Gasteiger partial charge in [0.05, 0.1) is 21.3 Å². The average molecular weight is 330 g/mol. The molecule has 6 nitrogen and oxygen atoms in total. The Morgan fingerprint density at radius 2 is 1.50 bits per heavy atom. The standard InChI is InChI=1S/C18H22N2O4/c1-22-15-6-4-5-13(9-15)11-19-18(21)20-12-14-7-8-16(23-2)17(10-14)24-3/h4-10H,11-12H2,1-3H3,(H2,19,20,21). The van der Waals surface area contributed by atoms with Crippen LogP contribution < -0.4 is 24.8 Å². The monoisotopic (exact) mass is 330 g/mol. The fraction of sp³-hybridized carbons (Fsp3) is 0.278. The minimum absolute atomic E-state index is 0.243. The van der Waals surface area contributed by atoms with Gasteiger partial charge in [0.1, 0.15) is 5.75 Å². The second-order valence-corrected chi connectivity index (χ2v) is 5.08. The third kappa shape index (κ3) is 4.81. The lowest BCUT2D eigenvalue weighted by Gasteiger charge is -2.11. The molecule has 0 bridgehead atoms. The van der Waals surface area contributed by atoms with Crippen LogP contribution in [0.15, 0.2) is 42.5 Å². The van der Waals surface area contributed by atoms with E-state index in [4.69, 9.17) is 14.2 Å². The Balaban J connectivity index is 1.84. The summed E-state index contributed by atoms with van der Waals surface area (Å²) >= 11 is 0. The lowest BCUT2D eigenvalue weighted by atomic mass is 10.2. The van der Waals surface area contributed by atoms with Crippen molar-refractivity contribution in [1.82, 2.24) is 10.6 Å². The molecule has 128 valence electrons. The Kier molecular flexibility index (Phi) is 6.31. The van der Waals surface area contributed by atoms with E-state index in [2.05, 4.69) is 10.6 Å². The van der Waals surface area contributed by atoms with Crippen LogP contribution in [0.3, 0.4) is 0 Å². The van der Waals surface area contributed by atoms with Gasteiger partial charge in [-0.25, -0.2) is 4.79 Å². The molecule has 0 aliphatic carbocycles. The maximum absolute atomic E-state index is 11.9. The molecule has 0 fully saturated rings. The van der Waals surface area contributed by atoms with E-state index in [1.54, 1.807) is 21.3 Å². The highest BCUT2D eigenvalue weighted by atomic mass is 16.5. The minimum atomic E-state index is -0.243. The summed E-state index contributed by atoms with van der Waals surface area (Å²) in [5.41, 5.74) is 1.89. The fourth-order valence-electron chi connectivity index (χ4n) is 2.20. The predicted molar refractivity (Wildman–Crippen MR) is 91.6 cm³/mol. The van der Waals surface area contributed by atoms with Gasteiger partial charge in [0.2, 0.25) is 0 Å². The second-order valence-electron chi connectivity index (χ2n) is 5.08. The van der Waals surface area contributed by atoms with Gasteiger partial charge in [-0.1, -0.05) is 18.2 Å². The fourth-order valence-corrected chi connectivity index (χ4v) is 2.20. The van der Waals surface area contributed by atoms with E-state index in [0.29, 0.717) is 24.6 Å². The number of carbonyl (C=O) groups is 1. The lowest BCUT2D eigenvalue weighted by Crippen LogP contribution is -2.34. The molecule has 24 heavy (non-hydrogen) atoms. The van der Waals surface area contributed by atoms with E-state index in [1.807, 2.05) is 42.5 Å². The summed E-state index contributed by atoms with van der Waals surface area (Å²) in [7, 11) is 4.78. The van der Waals surface area contributed by atoms with Crippen molar-refractivity contribution in [2.45, 2.75) is 13.1 Å². The average Bonchev–Trinajstić information content (AvgIpc) is 2.64. The summed E-state index contributed by atoms with van der Waals surface area (Å²) < 4.78 is 15.6. The van der Waals surface area contributed by atoms with Crippen LogP contribution in [0.4, 0.5) is 4.79 Å². The minimum Gasteiger partial charge on any atom is -0.497 e. The molecule has 6 heteroatoms. The highest BCUT2D eigenvalue weighted by Crippen LogP contribution is 2.27. The molecule has 0 saturated carbocycles. The number of nitrogens with one attached hydrogen (secondary N) is 2. The molecule has 0 radical (unpaired) electrons. The maximum atomic E-state index is 11.9. The van der Waals surface area contributed by atoms with Crippen molar-refractivity contribution in [3.8, 4) is 17.2 Å². The number of rotatable bonds is 7. The Morgan fingerprint density at radius 3 is 2.12 bits per heavy atom. The van der Waals surface area contributed by atoms with E-state index in [9.17, 15) is 4.79 Å². The summed E-state index contributed by atoms with van der Waals surface area (Å²) in [6, 6.07) is 12.8. The van der Waals surface area contributed by atoms with Crippen molar-refractivity contribution in [2.75, 3.05) is 21.3 Å². The molecule has 0 saturated heterocycles. The number of amides is 2. The van der Waals surface area contributed by atoms with Gasteiger partial charge in [0.15, 0.2) is 11.5 Å². The van der Waals surface area contributed by atoms with E-state index in [0.717, 1.165) is 16.9 Å². The summed E-state index contributed by atoms with van der Waals surface area (Å²) in [4.78, 5) is 11.9. The Bertz CT molecular complexity index is 688. The van der Waals surface area contributed by atoms with Crippen LogP contribution in [-0.2, 0) is 13.1 Å². The highest BCUT2D eigenvalue weighted by Gasteiger charge is 2.06. The molecular formula is C18H22N2O4. The molecule has 2 aromatic rings. The summed E-state index contributed by atoms with van der Waals surface area (Å²) in [5, 5.41) is 5.62. The Morgan fingerprint density at radius 1 is 0.833 bits per heavy atom. The molecule has 2 amide bonds. The number of carbonyl (C=O) groups excluding carboxylic acids is 1. The maximum Gasteiger partial charge on any atom is 0.315 e. The van der Waals surface area contributed by atoms with Gasteiger partial charge in [0.25, 0.3) is 0 Å². The van der Waals surface area contributed by atoms with Gasteiger partial charge in [-0.3, -0.25) is 0 Å². The number of methoxy groups -OCH3 is 3. The third-order valence-corrected chi connectivity index (χ3v) is 3.49. The number of ether oxygens (including phenoxy) is 3. The molecule has 0 atom stereocenters. The van der Waals surface area contributed by atoms with Crippen LogP contribution in [0.25, 0.3) is 0 Å². The summed E-state index contributed by atoms with van der Waals surface area (Å²) in [6.07, 6.45) is 0. The second kappa shape index (κ2) is 8.67. The molecule has 0 aliphatic heterocycles. The topological polar surface area (TPSA) is 68.8 Å². The van der Waals surface area contributed by atoms with Crippen LogP contribution in [0.5, 0.6) is 17.2 Å². The van der Waals surface area contributed by atoms with Crippen molar-refractivity contribution >= 4 is 6.03 Å². The molecule has 0 aliphatic rings. The molecule has 0 aromatic heterocycles. The van der Waals surface area contributed by atoms with Gasteiger partial charge in [-0.05, 0) is 35.4 Å². The lowest BCUT2D eigenvalue weighted by molar-refractivity contribution is 0.240. The van der Waals surface area contributed by atoms with Gasteiger partial charge in [-0.15, -0.1) is 0 Å². The van der Waals surface area contributed by atoms with Gasteiger partial charge < -0.3 is 24.8 Å². The van der Waals surface area contributed by atoms with Crippen LogP contribution >= 0.6 is 0 Å². The van der Waals surface area contributed by atoms with Crippen LogP contribution in [0.1, 0.15) is 11.1 Å². The molecule has 0 unspecified atom stereocenters. The molecule has 0 heterocycles. The van der Waals surface area contributed by atoms with Crippen molar-refractivity contribution < 1.29 is 19.0 Å². The van der Waals surface area contributed by atoms with Gasteiger partial charge in [0, 0.05) is 13.1 Å². The number of urea groups is 1. The summed E-state index contributed by atoms with van der Waals surface area (Å²) in [5.74, 6) is 2.05. The van der Waals surface area contributed by atoms with Crippen molar-refractivity contribution in [1.29, 1.82) is 0 Å². The van der Waals surface area contributed by atoms with Gasteiger partial charge >= 0.3 is 6.03 Å². The number of hydrogen-bond donors (Lipinski definition) is 2. The Labute approximate surface area is 141 Å². The smallest absolute Gasteiger partial charge is 0.315 e. The number of benzene rings is 2. The van der Waals surface area contributed by atoms with Crippen LogP contribution in [-0.4, -0.2) is 27.4 Å². The zero-order chi connectivity index (χ0) is 17.4. The van der Waals surface area contributed by atoms with E-state index in [1.165, 1.54) is 0 Å². The largest absolute Gasteiger partial charge is 0.497 e. The molecule has 0 spiro atoms. The number of hydrogen-bond acceptors (Lipinski definition) is 4. The van der Waals surface area contributed by atoms with E-state index in [-0.39, 0.29) is 6.03 Å². The molecule has 2 aromatic carbocycles. The normalized spacial score (nSPS) is 9.96. The van der Waals surface area contributed by atoms with Crippen molar-refractivity contribution in [3.63, 3.8) is 0 Å². The first-order chi connectivity index (χ1) is 11.7. The zero-order valence-corrected chi connectivity index (χ0v) is 14.1. The van der Waals surface area contributed by atoms with Crippen LogP contribution in [0.2, 0.25) is 0 Å². The Hall–Kier alpha value is -2.89. The van der Waals surface area contributed by atoms with E-state index < -0.39 is 0 Å². The summed E-state index contributed by atoms with van der Waals surface area (Å²) in [6.45, 7) is 0.819. The van der Waals surface area contributed by atoms with Crippen LogP contribution in [0, 0.1) is 0 Å². The first-order valence-electron chi connectivity index (χ1n) is 7.51. The predicted octanol–water partition coefficient (Wildman–Crippen LogP) is 2.71. The molecule has 2 N–H and O–H groups in total. The zero-order valence-electron chi connectivity index (χ0n) is 14.1. The van der Waals surface area contributed by atoms with Gasteiger partial charge in [-0.2, -0.15) is 0 Å². The SMILES string of the molecule is COc1cccc(CNC(=O)NCc2ccc(OC)c(OC)c2)c1. The van der Waals surface area contributed by atoms with Crippen molar-refractivity contribution in [2.24, 2.45) is 0 Å². The first-order valence-corrected chi connectivity index (χ1v) is 7.51. The van der Waals surface area contributed by atoms with Crippen molar-refractivity contribution in [3.05, 3.63) is 53.6 Å². The highest BCUT2D eigenvalue weighted by molar-refractivity contribution is 5.73. The van der Waals surface area contributed by atoms with E-state index >= 15 is 0 Å². The first kappa shape index (κ1) is 17.5. The molecular weight excluding hydrogens is 308 g/mol. The third-order valence-electron chi connectivity index (χ3n) is 3.49. The molecule has 2 rings (SSSR count). The quantitative estimate of drug-likeness (QED) is 0.819.